The van der Waals surface area contributed by atoms with Gasteiger partial charge in [-0.15, -0.1) is 0 Å². The lowest BCUT2D eigenvalue weighted by Crippen LogP contribution is -1.84. The highest BCUT2D eigenvalue weighted by atomic mass is 14.6. The van der Waals surface area contributed by atoms with Gasteiger partial charge < -0.3 is 0 Å². The summed E-state index contributed by atoms with van der Waals surface area (Å²) in [4.78, 5) is 4.19. The lowest BCUT2D eigenvalue weighted by Gasteiger charge is -2.05. The SMILES string of the molecule is CCCc1ccc(-c2ccc3ccncc3c2)cc1. The van der Waals surface area contributed by atoms with E-state index in [2.05, 4.69) is 54.4 Å². The largest absolute Gasteiger partial charge is 0.264 e. The molecule has 0 radical (unpaired) electrons. The molecule has 3 rings (SSSR count). The Bertz CT molecular complexity index is 683. The summed E-state index contributed by atoms with van der Waals surface area (Å²) in [5, 5.41) is 2.43. The lowest BCUT2D eigenvalue weighted by molar-refractivity contribution is 0.922. The van der Waals surface area contributed by atoms with Crippen molar-refractivity contribution in [3.63, 3.8) is 0 Å². The van der Waals surface area contributed by atoms with Crippen molar-refractivity contribution >= 4 is 10.8 Å². The van der Waals surface area contributed by atoms with Gasteiger partial charge in [0.15, 0.2) is 0 Å². The highest BCUT2D eigenvalue weighted by Gasteiger charge is 2.00. The van der Waals surface area contributed by atoms with Crippen molar-refractivity contribution in [1.29, 1.82) is 0 Å². The monoisotopic (exact) mass is 247 g/mol. The molecule has 1 heterocycles. The number of benzene rings is 2. The van der Waals surface area contributed by atoms with Crippen LogP contribution in [0.1, 0.15) is 18.9 Å². The van der Waals surface area contributed by atoms with E-state index in [0.29, 0.717) is 0 Å². The molecular formula is C18H17N. The lowest BCUT2D eigenvalue weighted by atomic mass is 10.0. The average Bonchev–Trinajstić information content (AvgIpc) is 2.48. The number of hydrogen-bond donors (Lipinski definition) is 0. The van der Waals surface area contributed by atoms with E-state index in [-0.39, 0.29) is 0 Å². The fourth-order valence-electron chi connectivity index (χ4n) is 2.42. The number of aryl methyl sites for hydroxylation is 1. The first kappa shape index (κ1) is 11.9. The first-order valence-electron chi connectivity index (χ1n) is 6.80. The van der Waals surface area contributed by atoms with Crippen molar-refractivity contribution in [2.45, 2.75) is 19.8 Å². The van der Waals surface area contributed by atoms with Crippen LogP contribution in [-0.4, -0.2) is 4.98 Å². The van der Waals surface area contributed by atoms with Crippen LogP contribution in [0.25, 0.3) is 21.9 Å². The molecule has 0 spiro atoms. The molecule has 0 saturated heterocycles. The van der Waals surface area contributed by atoms with Gasteiger partial charge in [-0.3, -0.25) is 4.98 Å². The zero-order valence-electron chi connectivity index (χ0n) is 11.1. The molecule has 0 atom stereocenters. The van der Waals surface area contributed by atoms with Gasteiger partial charge in [0.1, 0.15) is 0 Å². The number of nitrogens with zero attached hydrogens (tertiary/aromatic N) is 1. The third-order valence-electron chi connectivity index (χ3n) is 3.47. The van der Waals surface area contributed by atoms with Crippen molar-refractivity contribution in [3.8, 4) is 11.1 Å². The first-order valence-corrected chi connectivity index (χ1v) is 6.80. The molecule has 0 aliphatic carbocycles. The van der Waals surface area contributed by atoms with Crippen LogP contribution in [0.2, 0.25) is 0 Å². The van der Waals surface area contributed by atoms with Gasteiger partial charge in [0.2, 0.25) is 0 Å². The molecule has 0 saturated carbocycles. The highest BCUT2D eigenvalue weighted by Crippen LogP contribution is 2.24. The van der Waals surface area contributed by atoms with Crippen LogP contribution in [0.5, 0.6) is 0 Å². The normalized spacial score (nSPS) is 10.8. The Labute approximate surface area is 113 Å². The van der Waals surface area contributed by atoms with E-state index in [1.807, 2.05) is 18.5 Å². The number of fused-ring (bicyclic) bond motifs is 1. The van der Waals surface area contributed by atoms with E-state index in [9.17, 15) is 0 Å². The van der Waals surface area contributed by atoms with Crippen LogP contribution in [0.4, 0.5) is 0 Å². The molecule has 1 nitrogen and oxygen atoms in total. The second-order valence-corrected chi connectivity index (χ2v) is 4.88. The van der Waals surface area contributed by atoms with Gasteiger partial charge in [0, 0.05) is 17.8 Å². The Morgan fingerprint density at radius 3 is 2.42 bits per heavy atom. The number of pyridine rings is 1. The third kappa shape index (κ3) is 2.50. The summed E-state index contributed by atoms with van der Waals surface area (Å²) in [7, 11) is 0. The fourth-order valence-corrected chi connectivity index (χ4v) is 2.42. The molecule has 0 unspecified atom stereocenters. The van der Waals surface area contributed by atoms with Crippen LogP contribution < -0.4 is 0 Å². The summed E-state index contributed by atoms with van der Waals surface area (Å²) in [6, 6.07) is 17.5. The smallest absolute Gasteiger partial charge is 0.0346 e. The Morgan fingerprint density at radius 2 is 1.63 bits per heavy atom. The summed E-state index contributed by atoms with van der Waals surface area (Å²) in [6.07, 6.45) is 6.11. The van der Waals surface area contributed by atoms with Gasteiger partial charge in [0.05, 0.1) is 0 Å². The van der Waals surface area contributed by atoms with Crippen molar-refractivity contribution in [3.05, 3.63) is 66.5 Å². The summed E-state index contributed by atoms with van der Waals surface area (Å²) in [6.45, 7) is 2.21. The predicted molar refractivity (Wildman–Crippen MR) is 81.2 cm³/mol. The molecule has 1 aromatic heterocycles. The molecule has 94 valence electrons. The van der Waals surface area contributed by atoms with Crippen LogP contribution in [-0.2, 0) is 6.42 Å². The van der Waals surface area contributed by atoms with E-state index >= 15 is 0 Å². The molecule has 0 fully saturated rings. The zero-order chi connectivity index (χ0) is 13.1. The first-order chi connectivity index (χ1) is 9.36. The molecule has 0 aliphatic rings. The molecule has 2 aromatic carbocycles. The number of aromatic nitrogens is 1. The van der Waals surface area contributed by atoms with Gasteiger partial charge in [-0.2, -0.15) is 0 Å². The summed E-state index contributed by atoms with van der Waals surface area (Å²) >= 11 is 0. The molecule has 0 amide bonds. The molecule has 0 bridgehead atoms. The van der Waals surface area contributed by atoms with Crippen LogP contribution in [0.15, 0.2) is 60.9 Å². The van der Waals surface area contributed by atoms with Gasteiger partial charge in [-0.25, -0.2) is 0 Å². The van der Waals surface area contributed by atoms with Gasteiger partial charge in [0.25, 0.3) is 0 Å². The molecule has 3 aromatic rings. The minimum atomic E-state index is 1.15. The molecule has 1 heteroatoms. The van der Waals surface area contributed by atoms with Crippen molar-refractivity contribution < 1.29 is 0 Å². The van der Waals surface area contributed by atoms with Crippen LogP contribution >= 0.6 is 0 Å². The average molecular weight is 247 g/mol. The molecule has 0 aliphatic heterocycles. The third-order valence-corrected chi connectivity index (χ3v) is 3.47. The fraction of sp³-hybridized carbons (Fsp3) is 0.167. The second kappa shape index (κ2) is 5.23. The van der Waals surface area contributed by atoms with E-state index in [1.165, 1.54) is 33.9 Å². The van der Waals surface area contributed by atoms with Crippen molar-refractivity contribution in [2.24, 2.45) is 0 Å². The van der Waals surface area contributed by atoms with Gasteiger partial charge >= 0.3 is 0 Å². The van der Waals surface area contributed by atoms with Crippen LogP contribution in [0, 0.1) is 0 Å². The maximum atomic E-state index is 4.19. The quantitative estimate of drug-likeness (QED) is 0.644. The highest BCUT2D eigenvalue weighted by molar-refractivity contribution is 5.86. The van der Waals surface area contributed by atoms with E-state index < -0.39 is 0 Å². The van der Waals surface area contributed by atoms with Gasteiger partial charge in [-0.1, -0.05) is 49.7 Å². The number of hydrogen-bond acceptors (Lipinski definition) is 1. The van der Waals surface area contributed by atoms with Gasteiger partial charge in [-0.05, 0) is 40.6 Å². The summed E-state index contributed by atoms with van der Waals surface area (Å²) in [5.74, 6) is 0. The van der Waals surface area contributed by atoms with E-state index in [1.54, 1.807) is 0 Å². The van der Waals surface area contributed by atoms with Crippen LogP contribution in [0.3, 0.4) is 0 Å². The molecule has 19 heavy (non-hydrogen) atoms. The maximum Gasteiger partial charge on any atom is 0.0346 e. The Hall–Kier alpha value is -2.15. The molecule has 0 N–H and O–H groups in total. The topological polar surface area (TPSA) is 12.9 Å². The number of rotatable bonds is 3. The minimum Gasteiger partial charge on any atom is -0.264 e. The second-order valence-electron chi connectivity index (χ2n) is 4.88. The maximum absolute atomic E-state index is 4.19. The Morgan fingerprint density at radius 1 is 0.842 bits per heavy atom. The Kier molecular flexibility index (Phi) is 3.28. The summed E-state index contributed by atoms with van der Waals surface area (Å²) in [5.41, 5.74) is 3.93. The summed E-state index contributed by atoms with van der Waals surface area (Å²) < 4.78 is 0. The van der Waals surface area contributed by atoms with Crippen molar-refractivity contribution in [2.75, 3.05) is 0 Å². The van der Waals surface area contributed by atoms with Crippen molar-refractivity contribution in [1.82, 2.24) is 4.98 Å². The predicted octanol–water partition coefficient (Wildman–Crippen LogP) is 4.85. The minimum absolute atomic E-state index is 1.15. The molecular weight excluding hydrogens is 230 g/mol. The standard InChI is InChI=1S/C18H17N/c1-2-3-14-4-6-15(7-5-14)17-9-8-16-10-11-19-13-18(16)12-17/h4-13H,2-3H2,1H3. The zero-order valence-corrected chi connectivity index (χ0v) is 11.1. The van der Waals surface area contributed by atoms with E-state index in [0.717, 1.165) is 6.42 Å². The van der Waals surface area contributed by atoms with E-state index in [4.69, 9.17) is 0 Å². The Balaban J connectivity index is 1.99.